The van der Waals surface area contributed by atoms with E-state index in [9.17, 15) is 9.59 Å². The zero-order valence-corrected chi connectivity index (χ0v) is 12.5. The molecule has 0 bridgehead atoms. The Labute approximate surface area is 126 Å². The monoisotopic (exact) mass is 309 g/mol. The Morgan fingerprint density at radius 1 is 1.19 bits per heavy atom. The molecule has 8 heteroatoms. The molecule has 0 saturated carbocycles. The largest absolute Gasteiger partial charge is 0.497 e. The highest BCUT2D eigenvalue weighted by atomic mass is 32.2. The van der Waals surface area contributed by atoms with Gasteiger partial charge in [0.1, 0.15) is 11.5 Å². The van der Waals surface area contributed by atoms with Gasteiger partial charge in [-0.25, -0.2) is 0 Å². The zero-order valence-electron chi connectivity index (χ0n) is 11.6. The maximum Gasteiger partial charge on any atom is 0.315 e. The molecule has 0 fully saturated rings. The Bertz CT molecular complexity index is 589. The lowest BCUT2D eigenvalue weighted by molar-refractivity contribution is -0.135. The molecule has 1 aliphatic rings. The molecule has 2 N–H and O–H groups in total. The predicted molar refractivity (Wildman–Crippen MR) is 81.1 cm³/mol. The number of hydrogen-bond acceptors (Lipinski definition) is 6. The van der Waals surface area contributed by atoms with Crippen LogP contribution in [0.4, 0.5) is 5.69 Å². The Balaban J connectivity index is 2.03. The Morgan fingerprint density at radius 3 is 2.57 bits per heavy atom. The number of amides is 2. The van der Waals surface area contributed by atoms with Crippen LogP contribution in [0.15, 0.2) is 23.2 Å². The molecule has 0 atom stereocenters. The summed E-state index contributed by atoms with van der Waals surface area (Å²) in [5, 5.41) is 5.42. The normalized spacial score (nSPS) is 13.3. The number of aliphatic imine (C=N–C) groups is 1. The van der Waals surface area contributed by atoms with Gasteiger partial charge in [0.15, 0.2) is 5.17 Å². The molecule has 0 aromatic heterocycles. The maximum absolute atomic E-state index is 11.8. The van der Waals surface area contributed by atoms with Crippen LogP contribution < -0.4 is 20.1 Å². The van der Waals surface area contributed by atoms with Gasteiger partial charge >= 0.3 is 11.8 Å². The van der Waals surface area contributed by atoms with Gasteiger partial charge in [-0.3, -0.25) is 19.9 Å². The van der Waals surface area contributed by atoms with E-state index in [1.165, 1.54) is 26.0 Å². The number of nitrogens with zero attached hydrogens (tertiary/aromatic N) is 1. The molecule has 2 rings (SSSR count). The van der Waals surface area contributed by atoms with Gasteiger partial charge < -0.3 is 14.8 Å². The maximum atomic E-state index is 11.8. The number of amidine groups is 1. The summed E-state index contributed by atoms with van der Waals surface area (Å²) in [5.74, 6) is 0.257. The van der Waals surface area contributed by atoms with E-state index in [0.717, 1.165) is 5.75 Å². The molecule has 112 valence electrons. The molecule has 1 aromatic carbocycles. The summed E-state index contributed by atoms with van der Waals surface area (Å²) in [6, 6.07) is 4.88. The van der Waals surface area contributed by atoms with Gasteiger partial charge in [-0.1, -0.05) is 11.8 Å². The summed E-state index contributed by atoms with van der Waals surface area (Å²) in [5.41, 5.74) is 0.388. The first-order chi connectivity index (χ1) is 10.1. The number of thioether (sulfide) groups is 1. The van der Waals surface area contributed by atoms with Crippen LogP contribution in [-0.4, -0.2) is 43.5 Å². The molecular formula is C13H15N3O4S. The topological polar surface area (TPSA) is 89.0 Å². The molecular weight excluding hydrogens is 294 g/mol. The number of carbonyl (C=O) groups excluding carboxylic acids is 2. The fraction of sp³-hybridized carbons (Fsp3) is 0.308. The zero-order chi connectivity index (χ0) is 15.2. The number of methoxy groups -OCH3 is 2. The smallest absolute Gasteiger partial charge is 0.315 e. The van der Waals surface area contributed by atoms with Crippen LogP contribution in [0.25, 0.3) is 0 Å². The van der Waals surface area contributed by atoms with Gasteiger partial charge in [0.25, 0.3) is 0 Å². The molecule has 1 aliphatic heterocycles. The van der Waals surface area contributed by atoms with Crippen molar-refractivity contribution in [2.24, 2.45) is 4.99 Å². The second-order valence-electron chi connectivity index (χ2n) is 4.01. The quantitative estimate of drug-likeness (QED) is 0.809. The van der Waals surface area contributed by atoms with E-state index < -0.39 is 11.8 Å². The number of benzene rings is 1. The minimum absolute atomic E-state index is 0.388. The fourth-order valence-electron chi connectivity index (χ4n) is 1.65. The first kappa shape index (κ1) is 15.2. The van der Waals surface area contributed by atoms with Crippen molar-refractivity contribution in [1.82, 2.24) is 5.32 Å². The van der Waals surface area contributed by atoms with Crippen LogP contribution >= 0.6 is 11.8 Å². The van der Waals surface area contributed by atoms with Crippen molar-refractivity contribution in [3.8, 4) is 11.5 Å². The molecule has 21 heavy (non-hydrogen) atoms. The van der Waals surface area contributed by atoms with E-state index in [1.807, 2.05) is 0 Å². The van der Waals surface area contributed by atoms with E-state index in [-0.39, 0.29) is 0 Å². The summed E-state index contributed by atoms with van der Waals surface area (Å²) in [7, 11) is 2.99. The second kappa shape index (κ2) is 6.98. The number of hydrogen-bond donors (Lipinski definition) is 2. The first-order valence-electron chi connectivity index (χ1n) is 6.15. The summed E-state index contributed by atoms with van der Waals surface area (Å²) in [4.78, 5) is 27.6. The van der Waals surface area contributed by atoms with Gasteiger partial charge in [0, 0.05) is 11.8 Å². The van der Waals surface area contributed by atoms with Crippen LogP contribution in [0.5, 0.6) is 11.5 Å². The fourth-order valence-corrected chi connectivity index (χ4v) is 2.37. The van der Waals surface area contributed by atoms with E-state index in [4.69, 9.17) is 9.47 Å². The third-order valence-electron chi connectivity index (χ3n) is 2.67. The number of carbonyl (C=O) groups is 2. The summed E-state index contributed by atoms with van der Waals surface area (Å²) in [6.45, 7) is 0.647. The van der Waals surface area contributed by atoms with E-state index in [0.29, 0.717) is 28.9 Å². The second-order valence-corrected chi connectivity index (χ2v) is 5.09. The minimum atomic E-state index is -0.784. The highest BCUT2D eigenvalue weighted by molar-refractivity contribution is 8.14. The molecule has 1 aromatic rings. The summed E-state index contributed by atoms with van der Waals surface area (Å²) < 4.78 is 10.2. The van der Waals surface area contributed by atoms with Crippen molar-refractivity contribution in [1.29, 1.82) is 0 Å². The predicted octanol–water partition coefficient (Wildman–Crippen LogP) is 0.861. The van der Waals surface area contributed by atoms with Crippen molar-refractivity contribution in [2.45, 2.75) is 0 Å². The van der Waals surface area contributed by atoms with Crippen LogP contribution in [0.2, 0.25) is 0 Å². The third-order valence-corrected chi connectivity index (χ3v) is 3.56. The first-order valence-corrected chi connectivity index (χ1v) is 7.14. The number of anilines is 1. The van der Waals surface area contributed by atoms with Crippen LogP contribution in [0.3, 0.4) is 0 Å². The Hall–Kier alpha value is -2.22. The van der Waals surface area contributed by atoms with Crippen LogP contribution in [0, 0.1) is 0 Å². The van der Waals surface area contributed by atoms with E-state index in [2.05, 4.69) is 15.6 Å². The van der Waals surface area contributed by atoms with Crippen molar-refractivity contribution in [3.63, 3.8) is 0 Å². The highest BCUT2D eigenvalue weighted by Gasteiger charge is 2.19. The molecule has 0 aliphatic carbocycles. The standard InChI is InChI=1S/C13H15N3O4S/c1-19-8-3-4-9(10(7-8)20-2)15-11(17)12(18)16-13-14-5-6-21-13/h3-4,7H,5-6H2,1-2H3,(H,15,17)(H,14,16,18). The molecule has 0 spiro atoms. The lowest BCUT2D eigenvalue weighted by atomic mass is 10.2. The van der Waals surface area contributed by atoms with E-state index >= 15 is 0 Å². The van der Waals surface area contributed by atoms with Crippen molar-refractivity contribution in [3.05, 3.63) is 18.2 Å². The SMILES string of the molecule is COc1ccc(NC(=O)C(=O)NC2=NCCS2)c(OC)c1. The van der Waals surface area contributed by atoms with Crippen LogP contribution in [-0.2, 0) is 9.59 Å². The Kier molecular flexibility index (Phi) is 5.04. The third kappa shape index (κ3) is 3.88. The van der Waals surface area contributed by atoms with Crippen molar-refractivity contribution in [2.75, 3.05) is 31.8 Å². The summed E-state index contributed by atoms with van der Waals surface area (Å²) in [6.07, 6.45) is 0. The van der Waals surface area contributed by atoms with Gasteiger partial charge in [-0.15, -0.1) is 0 Å². The molecule has 0 unspecified atom stereocenters. The molecule has 0 saturated heterocycles. The molecule has 0 radical (unpaired) electrons. The van der Waals surface area contributed by atoms with Crippen LogP contribution in [0.1, 0.15) is 0 Å². The van der Waals surface area contributed by atoms with E-state index in [1.54, 1.807) is 18.2 Å². The van der Waals surface area contributed by atoms with Gasteiger partial charge in [0.05, 0.1) is 26.5 Å². The lowest BCUT2D eigenvalue weighted by Crippen LogP contribution is -2.37. The lowest BCUT2D eigenvalue weighted by Gasteiger charge is -2.11. The average Bonchev–Trinajstić information content (AvgIpc) is 3.00. The molecule has 1 heterocycles. The average molecular weight is 309 g/mol. The molecule has 7 nitrogen and oxygen atoms in total. The number of rotatable bonds is 3. The van der Waals surface area contributed by atoms with Gasteiger partial charge in [-0.2, -0.15) is 0 Å². The van der Waals surface area contributed by atoms with Crippen molar-refractivity contribution >= 4 is 34.4 Å². The number of ether oxygens (including phenoxy) is 2. The highest BCUT2D eigenvalue weighted by Crippen LogP contribution is 2.28. The minimum Gasteiger partial charge on any atom is -0.497 e. The van der Waals surface area contributed by atoms with Gasteiger partial charge in [0.2, 0.25) is 0 Å². The summed E-state index contributed by atoms with van der Waals surface area (Å²) >= 11 is 1.40. The van der Waals surface area contributed by atoms with Gasteiger partial charge in [-0.05, 0) is 12.1 Å². The van der Waals surface area contributed by atoms with Crippen molar-refractivity contribution < 1.29 is 19.1 Å². The Morgan fingerprint density at radius 2 is 1.95 bits per heavy atom. The molecule has 2 amide bonds. The number of nitrogens with one attached hydrogen (secondary N) is 2.